The first-order chi connectivity index (χ1) is 8.92. The van der Waals surface area contributed by atoms with Crippen LogP contribution >= 0.6 is 11.3 Å². The van der Waals surface area contributed by atoms with E-state index in [0.29, 0.717) is 0 Å². The topological polar surface area (TPSA) is 15.8 Å². The molecule has 0 saturated carbocycles. The van der Waals surface area contributed by atoms with Gasteiger partial charge in [-0.05, 0) is 18.2 Å². The maximum atomic E-state index is 3.50. The molecule has 0 bridgehead atoms. The average molecular weight is 249 g/mol. The lowest BCUT2D eigenvalue weighted by Crippen LogP contribution is -1.73. The maximum absolute atomic E-state index is 3.50. The fraction of sp³-hybridized carbons (Fsp3) is 0. The molecule has 2 heterocycles. The zero-order chi connectivity index (χ0) is 11.9. The summed E-state index contributed by atoms with van der Waals surface area (Å²) in [4.78, 5) is 3.50. The first kappa shape index (κ1) is 9.92. The van der Waals surface area contributed by atoms with Gasteiger partial charge in [0.25, 0.3) is 0 Å². The quantitative estimate of drug-likeness (QED) is 0.486. The van der Waals surface area contributed by atoms with Crippen LogP contribution in [0.4, 0.5) is 0 Å². The molecule has 0 aliphatic rings. The highest BCUT2D eigenvalue weighted by atomic mass is 32.1. The van der Waals surface area contributed by atoms with Crippen LogP contribution in [0.5, 0.6) is 0 Å². The zero-order valence-electron chi connectivity index (χ0n) is 9.68. The Balaban J connectivity index is 2.01. The van der Waals surface area contributed by atoms with Crippen LogP contribution in [-0.2, 0) is 0 Å². The van der Waals surface area contributed by atoms with Crippen molar-refractivity contribution in [3.8, 4) is 11.3 Å². The minimum atomic E-state index is 1.20. The van der Waals surface area contributed by atoms with E-state index in [4.69, 9.17) is 0 Å². The van der Waals surface area contributed by atoms with Gasteiger partial charge in [-0.25, -0.2) is 0 Å². The Bertz CT molecular complexity index is 805. The summed E-state index contributed by atoms with van der Waals surface area (Å²) in [7, 11) is 0. The highest BCUT2D eigenvalue weighted by Gasteiger charge is 2.08. The Kier molecular flexibility index (Phi) is 2.05. The number of nitrogens with one attached hydrogen (secondary N) is 1. The molecular weight excluding hydrogens is 238 g/mol. The van der Waals surface area contributed by atoms with Crippen LogP contribution in [0.1, 0.15) is 0 Å². The van der Waals surface area contributed by atoms with Crippen LogP contribution in [0, 0.1) is 0 Å². The van der Waals surface area contributed by atoms with Crippen molar-refractivity contribution in [1.82, 2.24) is 4.98 Å². The van der Waals surface area contributed by atoms with Crippen molar-refractivity contribution in [2.45, 2.75) is 0 Å². The van der Waals surface area contributed by atoms with E-state index in [1.165, 1.54) is 32.2 Å². The number of fused-ring (bicyclic) bond motifs is 2. The molecule has 0 atom stereocenters. The van der Waals surface area contributed by atoms with Crippen molar-refractivity contribution in [3.63, 3.8) is 0 Å². The predicted molar refractivity (Wildman–Crippen MR) is 79.1 cm³/mol. The third kappa shape index (κ3) is 1.39. The van der Waals surface area contributed by atoms with E-state index in [0.717, 1.165) is 0 Å². The summed E-state index contributed by atoms with van der Waals surface area (Å²) in [6, 6.07) is 19.2. The number of hydrogen-bond donors (Lipinski definition) is 1. The van der Waals surface area contributed by atoms with E-state index in [2.05, 4.69) is 65.0 Å². The van der Waals surface area contributed by atoms with Crippen molar-refractivity contribution >= 4 is 32.3 Å². The van der Waals surface area contributed by atoms with E-state index in [1.54, 1.807) is 11.3 Å². The number of thiophene rings is 1. The van der Waals surface area contributed by atoms with Gasteiger partial charge in [-0.3, -0.25) is 0 Å². The predicted octanol–water partition coefficient (Wildman–Crippen LogP) is 5.05. The fourth-order valence-electron chi connectivity index (χ4n) is 2.40. The second-order valence-electron chi connectivity index (χ2n) is 4.42. The SMILES string of the molecule is c1ccc2[nH]c(-c3csc4ccccc34)cc2c1. The van der Waals surface area contributed by atoms with Crippen LogP contribution in [0.2, 0.25) is 0 Å². The van der Waals surface area contributed by atoms with Crippen molar-refractivity contribution in [2.24, 2.45) is 0 Å². The number of hydrogen-bond acceptors (Lipinski definition) is 1. The van der Waals surface area contributed by atoms with Crippen molar-refractivity contribution in [2.75, 3.05) is 0 Å². The highest BCUT2D eigenvalue weighted by Crippen LogP contribution is 2.34. The smallest absolute Gasteiger partial charge is 0.0479 e. The van der Waals surface area contributed by atoms with Gasteiger partial charge in [0, 0.05) is 37.6 Å². The number of rotatable bonds is 1. The molecule has 18 heavy (non-hydrogen) atoms. The van der Waals surface area contributed by atoms with Crippen LogP contribution in [0.15, 0.2) is 60.0 Å². The number of aromatic amines is 1. The molecule has 4 aromatic rings. The third-order valence-electron chi connectivity index (χ3n) is 3.30. The molecule has 2 aromatic carbocycles. The molecule has 0 saturated heterocycles. The van der Waals surface area contributed by atoms with Crippen LogP contribution in [-0.4, -0.2) is 4.98 Å². The molecule has 0 radical (unpaired) electrons. The number of H-pyrrole nitrogens is 1. The molecule has 0 spiro atoms. The average Bonchev–Trinajstić information content (AvgIpc) is 3.02. The van der Waals surface area contributed by atoms with Gasteiger partial charge in [-0.1, -0.05) is 36.4 Å². The number of benzene rings is 2. The lowest BCUT2D eigenvalue weighted by Gasteiger charge is -1.94. The molecule has 0 unspecified atom stereocenters. The summed E-state index contributed by atoms with van der Waals surface area (Å²) in [5, 5.41) is 4.83. The minimum absolute atomic E-state index is 1.20. The fourth-order valence-corrected chi connectivity index (χ4v) is 3.37. The van der Waals surface area contributed by atoms with E-state index in [-0.39, 0.29) is 0 Å². The third-order valence-corrected chi connectivity index (χ3v) is 4.26. The van der Waals surface area contributed by atoms with Crippen LogP contribution in [0.25, 0.3) is 32.2 Å². The van der Waals surface area contributed by atoms with E-state index < -0.39 is 0 Å². The van der Waals surface area contributed by atoms with E-state index in [9.17, 15) is 0 Å². The largest absolute Gasteiger partial charge is 0.354 e. The van der Waals surface area contributed by atoms with Gasteiger partial charge in [0.15, 0.2) is 0 Å². The van der Waals surface area contributed by atoms with Crippen molar-refractivity contribution in [1.29, 1.82) is 0 Å². The molecule has 0 aliphatic carbocycles. The van der Waals surface area contributed by atoms with Crippen LogP contribution < -0.4 is 0 Å². The van der Waals surface area contributed by atoms with Gasteiger partial charge >= 0.3 is 0 Å². The van der Waals surface area contributed by atoms with E-state index >= 15 is 0 Å². The molecule has 1 N–H and O–H groups in total. The van der Waals surface area contributed by atoms with Crippen molar-refractivity contribution in [3.05, 3.63) is 60.0 Å². The summed E-state index contributed by atoms with van der Waals surface area (Å²) in [5.41, 5.74) is 3.70. The molecule has 2 heteroatoms. The molecule has 4 rings (SSSR count). The first-order valence-corrected chi connectivity index (χ1v) is 6.84. The normalized spacial score (nSPS) is 11.3. The summed E-state index contributed by atoms with van der Waals surface area (Å²) in [6.45, 7) is 0. The molecular formula is C16H11NS. The maximum Gasteiger partial charge on any atom is 0.0479 e. The Labute approximate surface area is 109 Å². The Morgan fingerprint density at radius 1 is 0.889 bits per heavy atom. The Morgan fingerprint density at radius 3 is 2.67 bits per heavy atom. The summed E-state index contributed by atoms with van der Waals surface area (Å²) < 4.78 is 1.34. The second-order valence-corrected chi connectivity index (χ2v) is 5.33. The molecule has 0 amide bonds. The van der Waals surface area contributed by atoms with Gasteiger partial charge in [0.05, 0.1) is 0 Å². The standard InChI is InChI=1S/C16H11NS/c1-3-7-14-11(5-1)9-15(17-14)13-10-18-16-8-4-2-6-12(13)16/h1-10,17H. The number of aromatic nitrogens is 1. The van der Waals surface area contributed by atoms with Gasteiger partial charge in [0.2, 0.25) is 0 Å². The summed E-state index contributed by atoms with van der Waals surface area (Å²) in [5.74, 6) is 0. The zero-order valence-corrected chi connectivity index (χ0v) is 10.5. The molecule has 86 valence electrons. The lowest BCUT2D eigenvalue weighted by molar-refractivity contribution is 1.47. The molecule has 0 aliphatic heterocycles. The molecule has 2 aromatic heterocycles. The highest BCUT2D eigenvalue weighted by molar-refractivity contribution is 7.17. The molecule has 0 fully saturated rings. The summed E-state index contributed by atoms with van der Waals surface area (Å²) >= 11 is 1.80. The monoisotopic (exact) mass is 249 g/mol. The lowest BCUT2D eigenvalue weighted by atomic mass is 10.1. The molecule has 1 nitrogen and oxygen atoms in total. The van der Waals surface area contributed by atoms with Gasteiger partial charge in [-0.2, -0.15) is 0 Å². The Hall–Kier alpha value is -2.06. The van der Waals surface area contributed by atoms with E-state index in [1.807, 2.05) is 0 Å². The Morgan fingerprint density at radius 2 is 1.72 bits per heavy atom. The first-order valence-electron chi connectivity index (χ1n) is 5.96. The van der Waals surface area contributed by atoms with Gasteiger partial charge in [0.1, 0.15) is 0 Å². The van der Waals surface area contributed by atoms with Gasteiger partial charge in [-0.15, -0.1) is 11.3 Å². The number of para-hydroxylation sites is 1. The minimum Gasteiger partial charge on any atom is -0.354 e. The van der Waals surface area contributed by atoms with Crippen molar-refractivity contribution < 1.29 is 0 Å². The van der Waals surface area contributed by atoms with Gasteiger partial charge < -0.3 is 4.98 Å². The second kappa shape index (κ2) is 3.72. The summed E-state index contributed by atoms with van der Waals surface area (Å²) in [6.07, 6.45) is 0. The van der Waals surface area contributed by atoms with Crippen LogP contribution in [0.3, 0.4) is 0 Å².